The van der Waals surface area contributed by atoms with Crippen LogP contribution in [0.25, 0.3) is 17.4 Å². The monoisotopic (exact) mass is 305 g/mol. The highest BCUT2D eigenvalue weighted by Gasteiger charge is 2.17. The van der Waals surface area contributed by atoms with E-state index in [2.05, 4.69) is 0 Å². The summed E-state index contributed by atoms with van der Waals surface area (Å²) in [5.41, 5.74) is -0.117. The van der Waals surface area contributed by atoms with Crippen LogP contribution in [0.3, 0.4) is 0 Å². The molecule has 1 aromatic heterocycles. The molecule has 0 radical (unpaired) electrons. The van der Waals surface area contributed by atoms with Gasteiger partial charge in [-0.1, -0.05) is 0 Å². The summed E-state index contributed by atoms with van der Waals surface area (Å²) in [6, 6.07) is 8.82. The predicted octanol–water partition coefficient (Wildman–Crippen LogP) is 0.903. The highest BCUT2D eigenvalue weighted by atomic mass is 16.8. The van der Waals surface area contributed by atoms with Gasteiger partial charge < -0.3 is 19.8 Å². The fourth-order valence-electron chi connectivity index (χ4n) is 1.72. The van der Waals surface area contributed by atoms with E-state index in [0.29, 0.717) is 11.3 Å². The molecule has 2 rings (SSSR count). The number of quaternary nitrogens is 1. The molecule has 1 atom stereocenters. The molecule has 22 heavy (non-hydrogen) atoms. The lowest BCUT2D eigenvalue weighted by atomic mass is 10.1. The van der Waals surface area contributed by atoms with E-state index in [4.69, 9.17) is 19.8 Å². The molecule has 4 N–H and O–H groups in total. The second kappa shape index (κ2) is 6.22. The molecule has 8 nitrogen and oxygen atoms in total. The third-order valence-corrected chi connectivity index (χ3v) is 2.79. The molecule has 114 valence electrons. The molecule has 2 aromatic rings. The molecular formula is C14H11NO7. The minimum Gasteiger partial charge on any atom is -0.595 e. The number of carboxylic acids is 2. The summed E-state index contributed by atoms with van der Waals surface area (Å²) >= 11 is 0. The summed E-state index contributed by atoms with van der Waals surface area (Å²) in [6.07, 6.45) is 0.903. The van der Waals surface area contributed by atoms with Crippen molar-refractivity contribution in [1.29, 1.82) is 0 Å². The Hall–Kier alpha value is -2.94. The molecule has 0 aliphatic carbocycles. The number of hydrogen-bond acceptors (Lipinski definition) is 5. The van der Waals surface area contributed by atoms with Crippen molar-refractivity contribution in [2.24, 2.45) is 0 Å². The van der Waals surface area contributed by atoms with Crippen LogP contribution in [-0.2, 0) is 9.59 Å². The molecule has 1 aromatic carbocycles. The first kappa shape index (κ1) is 15.4. The Balaban J connectivity index is 2.30. The average Bonchev–Trinajstić information content (AvgIpc) is 2.92. The van der Waals surface area contributed by atoms with Gasteiger partial charge in [0.1, 0.15) is 17.1 Å². The first-order valence-corrected chi connectivity index (χ1v) is 6.00. The SMILES string of the molecule is O=C(O)C(=Cc1ccc(-c2ccc([NH+]([O-])O)cc2)o1)C(=O)O. The number of rotatable bonds is 5. The fourth-order valence-corrected chi connectivity index (χ4v) is 1.72. The molecule has 8 heteroatoms. The molecule has 0 aliphatic rings. The van der Waals surface area contributed by atoms with Crippen molar-refractivity contribution >= 4 is 23.7 Å². The van der Waals surface area contributed by atoms with E-state index >= 15 is 0 Å². The van der Waals surface area contributed by atoms with Gasteiger partial charge in [0.05, 0.1) is 0 Å². The van der Waals surface area contributed by atoms with Crippen LogP contribution >= 0.6 is 0 Å². The zero-order chi connectivity index (χ0) is 16.3. The van der Waals surface area contributed by atoms with E-state index in [9.17, 15) is 14.8 Å². The summed E-state index contributed by atoms with van der Waals surface area (Å²) in [6.45, 7) is 0. The van der Waals surface area contributed by atoms with Crippen LogP contribution in [0.2, 0.25) is 0 Å². The largest absolute Gasteiger partial charge is 0.595 e. The lowest BCUT2D eigenvalue weighted by molar-refractivity contribution is -0.991. The molecule has 1 unspecified atom stereocenters. The van der Waals surface area contributed by atoms with Gasteiger partial charge in [-0.15, -0.1) is 0 Å². The maximum Gasteiger partial charge on any atom is 0.343 e. The van der Waals surface area contributed by atoms with Crippen LogP contribution in [-0.4, -0.2) is 27.4 Å². The highest BCUT2D eigenvalue weighted by Crippen LogP contribution is 2.24. The van der Waals surface area contributed by atoms with Crippen molar-refractivity contribution in [2.75, 3.05) is 0 Å². The van der Waals surface area contributed by atoms with E-state index in [1.54, 1.807) is 0 Å². The van der Waals surface area contributed by atoms with E-state index in [1.165, 1.54) is 36.4 Å². The summed E-state index contributed by atoms with van der Waals surface area (Å²) in [5.74, 6) is -2.72. The van der Waals surface area contributed by atoms with Gasteiger partial charge in [-0.05, 0) is 24.3 Å². The normalized spacial score (nSPS) is 11.7. The Morgan fingerprint density at radius 1 is 1.05 bits per heavy atom. The van der Waals surface area contributed by atoms with Gasteiger partial charge >= 0.3 is 11.9 Å². The highest BCUT2D eigenvalue weighted by molar-refractivity contribution is 6.16. The number of carboxylic acid groups (broad SMARTS) is 2. The fraction of sp³-hybridized carbons (Fsp3) is 0. The Morgan fingerprint density at radius 2 is 1.64 bits per heavy atom. The van der Waals surface area contributed by atoms with Crippen LogP contribution < -0.4 is 5.23 Å². The molecule has 0 aliphatic heterocycles. The first-order valence-electron chi connectivity index (χ1n) is 6.00. The van der Waals surface area contributed by atoms with E-state index in [0.717, 1.165) is 6.08 Å². The molecular weight excluding hydrogens is 294 g/mol. The van der Waals surface area contributed by atoms with Gasteiger partial charge in [-0.25, -0.2) is 14.8 Å². The minimum atomic E-state index is -1.57. The van der Waals surface area contributed by atoms with Crippen molar-refractivity contribution in [3.05, 3.63) is 52.9 Å². The minimum absolute atomic E-state index is 0.0668. The van der Waals surface area contributed by atoms with Crippen LogP contribution in [0.1, 0.15) is 5.76 Å². The topological polar surface area (TPSA) is 135 Å². The molecule has 0 fully saturated rings. The van der Waals surface area contributed by atoms with Gasteiger partial charge in [-0.2, -0.15) is 5.23 Å². The van der Waals surface area contributed by atoms with Gasteiger partial charge in [0, 0.05) is 23.8 Å². The number of benzene rings is 1. The number of carbonyl (C=O) groups is 2. The third kappa shape index (κ3) is 3.38. The predicted molar refractivity (Wildman–Crippen MR) is 73.2 cm³/mol. The second-order valence-electron chi connectivity index (χ2n) is 4.25. The Morgan fingerprint density at radius 3 is 2.14 bits per heavy atom. The van der Waals surface area contributed by atoms with Crippen molar-refractivity contribution in [3.8, 4) is 11.3 Å². The summed E-state index contributed by atoms with van der Waals surface area (Å²) in [7, 11) is 0. The van der Waals surface area contributed by atoms with Crippen molar-refractivity contribution in [2.45, 2.75) is 0 Å². The summed E-state index contributed by atoms with van der Waals surface area (Å²) in [4.78, 5) is 21.6. The number of aliphatic carboxylic acids is 2. The zero-order valence-electron chi connectivity index (χ0n) is 11.0. The average molecular weight is 305 g/mol. The molecule has 0 saturated carbocycles. The molecule has 0 spiro atoms. The van der Waals surface area contributed by atoms with Gasteiger partial charge in [0.15, 0.2) is 5.69 Å². The standard InChI is InChI=1S/C14H11NO7/c16-13(17)11(14(18)19)7-10-5-6-12(22-10)8-1-3-9(4-2-8)15(20)21/h1-7,15,20H,(H,16,17)(H,18,19). The molecule has 0 bridgehead atoms. The quantitative estimate of drug-likeness (QED) is 0.279. The Bertz CT molecular complexity index is 712. The maximum absolute atomic E-state index is 10.8. The molecule has 1 heterocycles. The van der Waals surface area contributed by atoms with Gasteiger partial charge in [-0.3, -0.25) is 0 Å². The summed E-state index contributed by atoms with van der Waals surface area (Å²) < 4.78 is 5.35. The zero-order valence-corrected chi connectivity index (χ0v) is 11.0. The molecule has 0 amide bonds. The van der Waals surface area contributed by atoms with Crippen molar-refractivity contribution in [1.82, 2.24) is 0 Å². The van der Waals surface area contributed by atoms with Crippen molar-refractivity contribution < 1.29 is 34.7 Å². The van der Waals surface area contributed by atoms with Crippen LogP contribution in [0, 0.1) is 5.21 Å². The third-order valence-electron chi connectivity index (χ3n) is 2.79. The second-order valence-corrected chi connectivity index (χ2v) is 4.25. The Labute approximate surface area is 123 Å². The maximum atomic E-state index is 10.8. The lowest BCUT2D eigenvalue weighted by Crippen LogP contribution is -2.99. The van der Waals surface area contributed by atoms with Crippen LogP contribution in [0.4, 0.5) is 5.69 Å². The van der Waals surface area contributed by atoms with Crippen LogP contribution in [0.5, 0.6) is 0 Å². The van der Waals surface area contributed by atoms with Gasteiger partial charge in [0.2, 0.25) is 0 Å². The lowest BCUT2D eigenvalue weighted by Gasteiger charge is -2.11. The van der Waals surface area contributed by atoms with E-state index in [-0.39, 0.29) is 11.4 Å². The number of furan rings is 1. The number of hydrogen-bond donors (Lipinski definition) is 4. The van der Waals surface area contributed by atoms with E-state index < -0.39 is 22.7 Å². The van der Waals surface area contributed by atoms with Gasteiger partial charge in [0.25, 0.3) is 0 Å². The Kier molecular flexibility index (Phi) is 4.37. The van der Waals surface area contributed by atoms with E-state index in [1.807, 2.05) is 0 Å². The first-order chi connectivity index (χ1) is 10.4. The van der Waals surface area contributed by atoms with Crippen LogP contribution in [0.15, 0.2) is 46.4 Å². The number of nitrogens with one attached hydrogen (secondary N) is 1. The summed E-state index contributed by atoms with van der Waals surface area (Å²) in [5, 5.41) is 36.0. The smallest absolute Gasteiger partial charge is 0.343 e. The van der Waals surface area contributed by atoms with Crippen molar-refractivity contribution in [3.63, 3.8) is 0 Å². The molecule has 0 saturated heterocycles.